The standard InChI is InChI=1S/C16H14Br2O3/c1-9-2-3-10(12(17)6-9)16(19)11-7-14-15(8-13(11)18)21-5-4-20-14/h2-3,6-8,16,19H,4-5H2,1H3. The van der Waals surface area contributed by atoms with E-state index < -0.39 is 6.10 Å². The molecule has 0 fully saturated rings. The molecular weight excluding hydrogens is 400 g/mol. The lowest BCUT2D eigenvalue weighted by Crippen LogP contribution is -2.16. The Morgan fingerprint density at radius 1 is 0.952 bits per heavy atom. The molecule has 1 aliphatic rings. The molecule has 1 heterocycles. The monoisotopic (exact) mass is 412 g/mol. The maximum atomic E-state index is 10.7. The van der Waals surface area contributed by atoms with Crippen molar-refractivity contribution in [3.8, 4) is 11.5 Å². The molecule has 5 heteroatoms. The highest BCUT2D eigenvalue weighted by molar-refractivity contribution is 9.10. The molecule has 3 rings (SSSR count). The van der Waals surface area contributed by atoms with E-state index in [0.29, 0.717) is 24.7 Å². The average molecular weight is 414 g/mol. The summed E-state index contributed by atoms with van der Waals surface area (Å²) in [7, 11) is 0. The van der Waals surface area contributed by atoms with Gasteiger partial charge in [-0.25, -0.2) is 0 Å². The molecule has 2 aromatic carbocycles. The number of ether oxygens (including phenoxy) is 2. The van der Waals surface area contributed by atoms with E-state index in [1.807, 2.05) is 37.3 Å². The number of hydrogen-bond acceptors (Lipinski definition) is 3. The first-order valence-electron chi connectivity index (χ1n) is 6.59. The van der Waals surface area contributed by atoms with E-state index in [0.717, 1.165) is 25.6 Å². The Morgan fingerprint density at radius 3 is 2.24 bits per heavy atom. The highest BCUT2D eigenvalue weighted by Gasteiger charge is 2.21. The van der Waals surface area contributed by atoms with Crippen molar-refractivity contribution in [1.29, 1.82) is 0 Å². The van der Waals surface area contributed by atoms with Gasteiger partial charge in [0, 0.05) is 14.5 Å². The molecule has 0 radical (unpaired) electrons. The third kappa shape index (κ3) is 2.96. The Hall–Kier alpha value is -1.04. The lowest BCUT2D eigenvalue weighted by molar-refractivity contribution is 0.169. The first-order chi connectivity index (χ1) is 10.1. The SMILES string of the molecule is Cc1ccc(C(O)c2cc3c(cc2Br)OCCO3)c(Br)c1. The fourth-order valence-corrected chi connectivity index (χ4v) is 3.56. The summed E-state index contributed by atoms with van der Waals surface area (Å²) in [6.45, 7) is 3.09. The number of aryl methyl sites for hydroxylation is 1. The second kappa shape index (κ2) is 5.99. The molecule has 1 aliphatic heterocycles. The predicted octanol–water partition coefficient (Wildman–Crippen LogP) is 4.37. The fourth-order valence-electron chi connectivity index (χ4n) is 2.31. The maximum absolute atomic E-state index is 10.7. The van der Waals surface area contributed by atoms with E-state index in [4.69, 9.17) is 9.47 Å². The minimum Gasteiger partial charge on any atom is -0.486 e. The van der Waals surface area contributed by atoms with Gasteiger partial charge in [0.05, 0.1) is 0 Å². The molecular formula is C16H14Br2O3. The topological polar surface area (TPSA) is 38.7 Å². The summed E-state index contributed by atoms with van der Waals surface area (Å²) in [5.74, 6) is 1.37. The van der Waals surface area contributed by atoms with E-state index >= 15 is 0 Å². The van der Waals surface area contributed by atoms with Crippen LogP contribution < -0.4 is 9.47 Å². The Labute approximate surface area is 140 Å². The summed E-state index contributed by atoms with van der Waals surface area (Å²) in [6.07, 6.45) is -0.745. The maximum Gasteiger partial charge on any atom is 0.162 e. The zero-order valence-electron chi connectivity index (χ0n) is 11.4. The second-order valence-corrected chi connectivity index (χ2v) is 6.65. The van der Waals surface area contributed by atoms with Gasteiger partial charge in [-0.15, -0.1) is 0 Å². The third-order valence-corrected chi connectivity index (χ3v) is 4.78. The number of fused-ring (bicyclic) bond motifs is 1. The molecule has 0 bridgehead atoms. The van der Waals surface area contributed by atoms with Crippen molar-refractivity contribution in [2.24, 2.45) is 0 Å². The number of hydrogen-bond donors (Lipinski definition) is 1. The van der Waals surface area contributed by atoms with Crippen LogP contribution in [-0.4, -0.2) is 18.3 Å². The molecule has 1 N–H and O–H groups in total. The molecule has 2 aromatic rings. The molecule has 110 valence electrons. The highest BCUT2D eigenvalue weighted by atomic mass is 79.9. The first kappa shape index (κ1) is 14.9. The van der Waals surface area contributed by atoms with Crippen LogP contribution in [0, 0.1) is 6.92 Å². The lowest BCUT2D eigenvalue weighted by atomic mass is 10.00. The smallest absolute Gasteiger partial charge is 0.162 e. The normalized spacial score (nSPS) is 14.9. The number of aliphatic hydroxyl groups excluding tert-OH is 1. The van der Waals surface area contributed by atoms with Crippen molar-refractivity contribution < 1.29 is 14.6 Å². The predicted molar refractivity (Wildman–Crippen MR) is 88.1 cm³/mol. The summed E-state index contributed by atoms with van der Waals surface area (Å²) in [4.78, 5) is 0. The van der Waals surface area contributed by atoms with Gasteiger partial charge in [-0.3, -0.25) is 0 Å². The van der Waals surface area contributed by atoms with Crippen molar-refractivity contribution in [3.63, 3.8) is 0 Å². The van der Waals surface area contributed by atoms with Crippen molar-refractivity contribution in [2.75, 3.05) is 13.2 Å². The molecule has 0 saturated carbocycles. The number of aliphatic hydroxyl groups is 1. The van der Waals surface area contributed by atoms with Crippen molar-refractivity contribution in [1.82, 2.24) is 0 Å². The van der Waals surface area contributed by atoms with Gasteiger partial charge in [-0.2, -0.15) is 0 Å². The van der Waals surface area contributed by atoms with Crippen molar-refractivity contribution in [3.05, 3.63) is 56.0 Å². The van der Waals surface area contributed by atoms with Gasteiger partial charge in [0.25, 0.3) is 0 Å². The van der Waals surface area contributed by atoms with Crippen molar-refractivity contribution in [2.45, 2.75) is 13.0 Å². The molecule has 21 heavy (non-hydrogen) atoms. The molecule has 0 saturated heterocycles. The average Bonchev–Trinajstić information content (AvgIpc) is 2.46. The Balaban J connectivity index is 2.03. The van der Waals surface area contributed by atoms with Crippen LogP contribution in [-0.2, 0) is 0 Å². The van der Waals surface area contributed by atoms with Gasteiger partial charge in [-0.1, -0.05) is 44.0 Å². The van der Waals surface area contributed by atoms with E-state index in [-0.39, 0.29) is 0 Å². The van der Waals surface area contributed by atoms with Crippen LogP contribution in [0.4, 0.5) is 0 Å². The van der Waals surface area contributed by atoms with E-state index in [1.165, 1.54) is 0 Å². The zero-order valence-corrected chi connectivity index (χ0v) is 14.6. The van der Waals surface area contributed by atoms with Gasteiger partial charge >= 0.3 is 0 Å². The van der Waals surface area contributed by atoms with Gasteiger partial charge in [0.15, 0.2) is 11.5 Å². The fraction of sp³-hybridized carbons (Fsp3) is 0.250. The van der Waals surface area contributed by atoms with Crippen molar-refractivity contribution >= 4 is 31.9 Å². The van der Waals surface area contributed by atoms with Gasteiger partial charge in [0.2, 0.25) is 0 Å². The second-order valence-electron chi connectivity index (χ2n) is 4.94. The molecule has 0 aromatic heterocycles. The molecule has 0 spiro atoms. The summed E-state index contributed by atoms with van der Waals surface area (Å²) < 4.78 is 12.8. The number of rotatable bonds is 2. The molecule has 0 amide bonds. The van der Waals surface area contributed by atoms with Crippen LogP contribution in [0.15, 0.2) is 39.3 Å². The van der Waals surface area contributed by atoms with Crippen LogP contribution >= 0.6 is 31.9 Å². The summed E-state index contributed by atoms with van der Waals surface area (Å²) >= 11 is 7.01. The highest BCUT2D eigenvalue weighted by Crippen LogP contribution is 2.40. The third-order valence-electron chi connectivity index (χ3n) is 3.41. The Kier molecular flexibility index (Phi) is 4.24. The van der Waals surface area contributed by atoms with Gasteiger partial charge < -0.3 is 14.6 Å². The minimum atomic E-state index is -0.745. The van der Waals surface area contributed by atoms with Crippen LogP contribution in [0.2, 0.25) is 0 Å². The van der Waals surface area contributed by atoms with Gasteiger partial charge in [-0.05, 0) is 36.2 Å². The first-order valence-corrected chi connectivity index (χ1v) is 8.18. The molecule has 0 aliphatic carbocycles. The zero-order chi connectivity index (χ0) is 15.0. The van der Waals surface area contributed by atoms with Gasteiger partial charge in [0.1, 0.15) is 19.3 Å². The molecule has 1 unspecified atom stereocenters. The number of benzene rings is 2. The van der Waals surface area contributed by atoms with E-state index in [1.54, 1.807) is 0 Å². The molecule has 1 atom stereocenters. The van der Waals surface area contributed by atoms with Crippen LogP contribution in [0.25, 0.3) is 0 Å². The Morgan fingerprint density at radius 2 is 1.57 bits per heavy atom. The van der Waals surface area contributed by atoms with E-state index in [2.05, 4.69) is 31.9 Å². The van der Waals surface area contributed by atoms with Crippen LogP contribution in [0.5, 0.6) is 11.5 Å². The lowest BCUT2D eigenvalue weighted by Gasteiger charge is -2.22. The summed E-state index contributed by atoms with van der Waals surface area (Å²) in [6, 6.07) is 9.57. The summed E-state index contributed by atoms with van der Waals surface area (Å²) in [5.41, 5.74) is 2.71. The van der Waals surface area contributed by atoms with E-state index in [9.17, 15) is 5.11 Å². The quantitative estimate of drug-likeness (QED) is 0.794. The largest absolute Gasteiger partial charge is 0.486 e. The van der Waals surface area contributed by atoms with Crippen LogP contribution in [0.1, 0.15) is 22.8 Å². The minimum absolute atomic E-state index is 0.526. The molecule has 3 nitrogen and oxygen atoms in total. The Bertz CT molecular complexity index is 685. The summed E-state index contributed by atoms with van der Waals surface area (Å²) in [5, 5.41) is 10.7. The number of halogens is 2. The van der Waals surface area contributed by atoms with Crippen LogP contribution in [0.3, 0.4) is 0 Å².